The van der Waals surface area contributed by atoms with Gasteiger partial charge in [-0.25, -0.2) is 8.42 Å². The summed E-state index contributed by atoms with van der Waals surface area (Å²) in [5, 5.41) is 17.8. The van der Waals surface area contributed by atoms with E-state index in [0.717, 1.165) is 5.56 Å². The number of sulfonamides is 1. The number of Topliss-reactive ketones (excluding diaryl/α,β-unsaturated/α-hetero) is 1. The normalized spacial score (nSPS) is 21.7. The lowest BCUT2D eigenvalue weighted by Crippen LogP contribution is -2.48. The van der Waals surface area contributed by atoms with E-state index < -0.39 is 38.2 Å². The number of nitro groups is 1. The molecule has 4 aromatic carbocycles. The highest BCUT2D eigenvalue weighted by atomic mass is 32.2. The Morgan fingerprint density at radius 2 is 1.58 bits per heavy atom. The van der Waals surface area contributed by atoms with Crippen LogP contribution in [0.4, 0.5) is 11.4 Å². The van der Waals surface area contributed by atoms with Crippen molar-refractivity contribution in [2.45, 2.75) is 31.2 Å². The number of anilines is 1. The number of carbonyl (C=O) groups is 2. The molecule has 0 N–H and O–H groups in total. The summed E-state index contributed by atoms with van der Waals surface area (Å²) < 4.78 is 30.2. The first kappa shape index (κ1) is 30.0. The van der Waals surface area contributed by atoms with Crippen molar-refractivity contribution >= 4 is 38.8 Å². The Morgan fingerprint density at radius 3 is 2.22 bits per heavy atom. The number of non-ortho nitro benzene ring substituents is 1. The molecule has 0 unspecified atom stereocenters. The first-order chi connectivity index (χ1) is 21.5. The van der Waals surface area contributed by atoms with Crippen LogP contribution in [-0.2, 0) is 14.8 Å². The summed E-state index contributed by atoms with van der Waals surface area (Å²) in [6, 6.07) is 28.2. The fraction of sp³-hybridized carbons (Fsp3) is 0.206. The molecule has 0 aliphatic carbocycles. The van der Waals surface area contributed by atoms with Crippen LogP contribution in [0.15, 0.2) is 119 Å². The fourth-order valence-corrected chi connectivity index (χ4v) is 8.26. The van der Waals surface area contributed by atoms with E-state index in [1.54, 1.807) is 85.8 Å². The summed E-state index contributed by atoms with van der Waals surface area (Å²) in [6.45, 7) is 3.31. The number of hydrazone groups is 1. The molecule has 10 nitrogen and oxygen atoms in total. The van der Waals surface area contributed by atoms with E-state index in [1.807, 2.05) is 6.92 Å². The predicted octanol–water partition coefficient (Wildman–Crippen LogP) is 5.95. The van der Waals surface area contributed by atoms with Gasteiger partial charge in [-0.2, -0.15) is 14.4 Å². The molecule has 2 aliphatic rings. The molecule has 6 rings (SSSR count). The first-order valence-corrected chi connectivity index (χ1v) is 15.9. The second-order valence-corrected chi connectivity index (χ2v) is 13.2. The van der Waals surface area contributed by atoms with Crippen molar-refractivity contribution in [1.82, 2.24) is 4.31 Å². The van der Waals surface area contributed by atoms with E-state index in [-0.39, 0.29) is 34.9 Å². The summed E-state index contributed by atoms with van der Waals surface area (Å²) >= 11 is 0. The standard InChI is InChI=1S/C34H30N4O6S/c1-23-16-18-30(19-17-23)45(43,44)36-22-27(21-31(39)25-10-5-3-6-11-25)34(32(36)26-12-9-15-29(20-26)38(41)42)24(2)35-37(33(34)40)28-13-7-4-8-14-28/h3-20,27,32H,21-22H2,1-2H3/t27-,32-,34+/m0/s1. The van der Waals surface area contributed by atoms with Gasteiger partial charge in [0.1, 0.15) is 5.41 Å². The Balaban J connectivity index is 1.59. The number of carbonyl (C=O) groups excluding carboxylic acids is 2. The topological polar surface area (TPSA) is 130 Å². The second kappa shape index (κ2) is 11.5. The molecular formula is C34H30N4O6S. The molecule has 2 aliphatic heterocycles. The minimum absolute atomic E-state index is 0.00803. The monoisotopic (exact) mass is 622 g/mol. The SMILES string of the molecule is CC1=NN(c2ccccc2)C(=O)[C@@]12[C@@H](CC(=O)c1ccccc1)CN(S(=O)(=O)c1ccc(C)cc1)[C@H]2c1cccc([N+](=O)[O-])c1. The molecular weight excluding hydrogens is 592 g/mol. The Morgan fingerprint density at radius 1 is 0.933 bits per heavy atom. The third-order valence-electron chi connectivity index (χ3n) is 8.71. The van der Waals surface area contributed by atoms with Crippen LogP contribution in [0.3, 0.4) is 0 Å². The Hall–Kier alpha value is -5.00. The Labute approximate surface area is 260 Å². The molecule has 1 amide bonds. The summed E-state index contributed by atoms with van der Waals surface area (Å²) in [4.78, 5) is 39.9. The van der Waals surface area contributed by atoms with Gasteiger partial charge in [0.25, 0.3) is 11.6 Å². The predicted molar refractivity (Wildman–Crippen MR) is 169 cm³/mol. The molecule has 0 radical (unpaired) electrons. The summed E-state index contributed by atoms with van der Waals surface area (Å²) in [6.07, 6.45) is -0.156. The smallest absolute Gasteiger partial charge is 0.269 e. The maximum absolute atomic E-state index is 14.9. The molecule has 1 saturated heterocycles. The van der Waals surface area contributed by atoms with Crippen LogP contribution >= 0.6 is 0 Å². The quantitative estimate of drug-likeness (QED) is 0.136. The molecule has 1 fully saturated rings. The number of hydrogen-bond acceptors (Lipinski definition) is 7. The van der Waals surface area contributed by atoms with E-state index in [4.69, 9.17) is 0 Å². The minimum Gasteiger partial charge on any atom is -0.294 e. The van der Waals surface area contributed by atoms with Gasteiger partial charge >= 0.3 is 0 Å². The van der Waals surface area contributed by atoms with Crippen LogP contribution in [0.1, 0.15) is 40.9 Å². The molecule has 11 heteroatoms. The van der Waals surface area contributed by atoms with E-state index in [2.05, 4.69) is 5.10 Å². The number of ketones is 1. The average Bonchev–Trinajstić information content (AvgIpc) is 3.53. The second-order valence-electron chi connectivity index (χ2n) is 11.3. The lowest BCUT2D eigenvalue weighted by Gasteiger charge is -2.36. The van der Waals surface area contributed by atoms with Gasteiger partial charge in [0.15, 0.2) is 5.78 Å². The summed E-state index contributed by atoms with van der Waals surface area (Å²) in [5.41, 5.74) is 0.448. The van der Waals surface area contributed by atoms with E-state index in [1.165, 1.54) is 39.6 Å². The van der Waals surface area contributed by atoms with Gasteiger partial charge < -0.3 is 0 Å². The third kappa shape index (κ3) is 5.03. The maximum Gasteiger partial charge on any atom is 0.269 e. The highest BCUT2D eigenvalue weighted by molar-refractivity contribution is 7.89. The minimum atomic E-state index is -4.29. The van der Waals surface area contributed by atoms with Crippen molar-refractivity contribution in [3.63, 3.8) is 0 Å². The summed E-state index contributed by atoms with van der Waals surface area (Å²) in [7, 11) is -4.29. The maximum atomic E-state index is 14.9. The van der Waals surface area contributed by atoms with E-state index in [0.29, 0.717) is 17.0 Å². The number of para-hydroxylation sites is 1. The van der Waals surface area contributed by atoms with Crippen LogP contribution in [0, 0.1) is 28.4 Å². The van der Waals surface area contributed by atoms with Crippen LogP contribution in [0.5, 0.6) is 0 Å². The number of hydrogen-bond donors (Lipinski definition) is 0. The van der Waals surface area contributed by atoms with Crippen molar-refractivity contribution in [2.75, 3.05) is 11.6 Å². The number of aryl methyl sites for hydroxylation is 1. The number of amides is 1. The van der Waals surface area contributed by atoms with Gasteiger partial charge in [0.05, 0.1) is 27.3 Å². The first-order valence-electron chi connectivity index (χ1n) is 14.4. The molecule has 3 atom stereocenters. The average molecular weight is 623 g/mol. The van der Waals surface area contributed by atoms with E-state index >= 15 is 0 Å². The molecule has 0 aromatic heterocycles. The third-order valence-corrected chi connectivity index (χ3v) is 10.6. The molecule has 0 bridgehead atoms. The van der Waals surface area contributed by atoms with Gasteiger partial charge in [-0.05, 0) is 43.7 Å². The molecule has 0 saturated carbocycles. The van der Waals surface area contributed by atoms with Crippen LogP contribution in [-0.4, -0.2) is 41.6 Å². The number of rotatable bonds is 8. The van der Waals surface area contributed by atoms with Crippen LogP contribution < -0.4 is 5.01 Å². The molecule has 45 heavy (non-hydrogen) atoms. The Kier molecular flexibility index (Phi) is 7.67. The van der Waals surface area contributed by atoms with Gasteiger partial charge in [-0.15, -0.1) is 0 Å². The Bertz CT molecular complexity index is 1930. The molecule has 4 aromatic rings. The highest BCUT2D eigenvalue weighted by Gasteiger charge is 2.67. The van der Waals surface area contributed by atoms with Crippen molar-refractivity contribution in [1.29, 1.82) is 0 Å². The van der Waals surface area contributed by atoms with Crippen molar-refractivity contribution in [3.05, 3.63) is 136 Å². The fourth-order valence-electron chi connectivity index (χ4n) is 6.57. The lowest BCUT2D eigenvalue weighted by molar-refractivity contribution is -0.385. The number of benzene rings is 4. The van der Waals surface area contributed by atoms with Crippen molar-refractivity contribution < 1.29 is 22.9 Å². The van der Waals surface area contributed by atoms with Crippen molar-refractivity contribution in [3.8, 4) is 0 Å². The zero-order valence-corrected chi connectivity index (χ0v) is 25.4. The largest absolute Gasteiger partial charge is 0.294 e. The lowest BCUT2D eigenvalue weighted by atomic mass is 9.66. The van der Waals surface area contributed by atoms with Gasteiger partial charge in [-0.1, -0.05) is 78.4 Å². The summed E-state index contributed by atoms with van der Waals surface area (Å²) in [5.74, 6) is -1.61. The van der Waals surface area contributed by atoms with Gasteiger partial charge in [0.2, 0.25) is 10.0 Å². The molecule has 228 valence electrons. The number of nitro benzene ring substituents is 1. The van der Waals surface area contributed by atoms with Crippen LogP contribution in [0.25, 0.3) is 0 Å². The number of nitrogens with zero attached hydrogens (tertiary/aromatic N) is 4. The van der Waals surface area contributed by atoms with Gasteiger partial charge in [-0.3, -0.25) is 19.7 Å². The molecule has 2 heterocycles. The zero-order valence-electron chi connectivity index (χ0n) is 24.6. The van der Waals surface area contributed by atoms with E-state index in [9.17, 15) is 28.1 Å². The van der Waals surface area contributed by atoms with Crippen LogP contribution in [0.2, 0.25) is 0 Å². The highest BCUT2D eigenvalue weighted by Crippen LogP contribution is 2.58. The van der Waals surface area contributed by atoms with Crippen molar-refractivity contribution in [2.24, 2.45) is 16.4 Å². The molecule has 1 spiro atoms. The zero-order chi connectivity index (χ0) is 31.9. The van der Waals surface area contributed by atoms with Gasteiger partial charge in [0, 0.05) is 36.6 Å².